The van der Waals surface area contributed by atoms with E-state index in [4.69, 9.17) is 4.74 Å². The Morgan fingerprint density at radius 1 is 1.35 bits per heavy atom. The van der Waals surface area contributed by atoms with E-state index >= 15 is 0 Å². The van der Waals surface area contributed by atoms with Crippen molar-refractivity contribution >= 4 is 23.3 Å². The van der Waals surface area contributed by atoms with Crippen molar-refractivity contribution in [2.45, 2.75) is 25.7 Å². The second kappa shape index (κ2) is 6.92. The lowest BCUT2D eigenvalue weighted by Gasteiger charge is -2.26. The number of amides is 2. The van der Waals surface area contributed by atoms with Gasteiger partial charge in [-0.1, -0.05) is 4.49 Å². The molecule has 1 atom stereocenters. The minimum Gasteiger partial charge on any atom is -0.383 e. The Labute approximate surface area is 139 Å². The third-order valence-corrected chi connectivity index (χ3v) is 5.48. The van der Waals surface area contributed by atoms with Gasteiger partial charge in [-0.25, -0.2) is 0 Å². The van der Waals surface area contributed by atoms with Crippen molar-refractivity contribution in [3.63, 3.8) is 0 Å². The molecule has 0 radical (unpaired) electrons. The second-order valence-corrected chi connectivity index (χ2v) is 6.86. The van der Waals surface area contributed by atoms with Crippen LogP contribution in [0.15, 0.2) is 5.38 Å². The summed E-state index contributed by atoms with van der Waals surface area (Å²) in [6, 6.07) is 0. The lowest BCUT2D eigenvalue weighted by Crippen LogP contribution is -2.37. The van der Waals surface area contributed by atoms with E-state index in [1.54, 1.807) is 12.5 Å². The molecule has 0 aromatic carbocycles. The molecule has 7 nitrogen and oxygen atoms in total. The Balaban J connectivity index is 1.64. The molecule has 0 N–H and O–H groups in total. The lowest BCUT2D eigenvalue weighted by molar-refractivity contribution is -0.137. The number of carbonyl (C=O) groups excluding carboxylic acids is 2. The zero-order valence-corrected chi connectivity index (χ0v) is 14.2. The van der Waals surface area contributed by atoms with Gasteiger partial charge in [-0.3, -0.25) is 9.59 Å². The maximum atomic E-state index is 12.8. The summed E-state index contributed by atoms with van der Waals surface area (Å²) in [4.78, 5) is 28.9. The molecule has 8 heteroatoms. The molecule has 3 rings (SSSR count). The number of carbonyl (C=O) groups is 2. The third-order valence-electron chi connectivity index (χ3n) is 4.98. The molecule has 23 heavy (non-hydrogen) atoms. The summed E-state index contributed by atoms with van der Waals surface area (Å²) in [6.07, 6.45) is 3.33. The summed E-state index contributed by atoms with van der Waals surface area (Å²) in [7, 11) is 1.65. The van der Waals surface area contributed by atoms with Crippen LogP contribution in [-0.2, 0) is 9.53 Å². The van der Waals surface area contributed by atoms with Crippen molar-refractivity contribution in [2.24, 2.45) is 5.41 Å². The van der Waals surface area contributed by atoms with Crippen molar-refractivity contribution in [1.29, 1.82) is 0 Å². The van der Waals surface area contributed by atoms with E-state index in [9.17, 15) is 9.59 Å². The molecule has 2 aliphatic rings. The van der Waals surface area contributed by atoms with Crippen LogP contribution in [0.5, 0.6) is 0 Å². The summed E-state index contributed by atoms with van der Waals surface area (Å²) < 4.78 is 8.84. The summed E-state index contributed by atoms with van der Waals surface area (Å²) in [5.41, 5.74) is 0.119. The van der Waals surface area contributed by atoms with Crippen LogP contribution in [0.2, 0.25) is 0 Å². The van der Waals surface area contributed by atoms with Crippen molar-refractivity contribution in [2.75, 3.05) is 39.9 Å². The maximum Gasteiger partial charge on any atom is 0.275 e. The van der Waals surface area contributed by atoms with E-state index in [2.05, 4.69) is 9.59 Å². The van der Waals surface area contributed by atoms with Gasteiger partial charge in [0.25, 0.3) is 5.91 Å². The van der Waals surface area contributed by atoms with E-state index in [1.165, 1.54) is 11.5 Å². The number of ether oxygens (including phenoxy) is 1. The molecule has 2 saturated heterocycles. The fraction of sp³-hybridized carbons (Fsp3) is 0.733. The van der Waals surface area contributed by atoms with Gasteiger partial charge < -0.3 is 14.5 Å². The first-order valence-corrected chi connectivity index (χ1v) is 8.85. The highest BCUT2D eigenvalue weighted by Crippen LogP contribution is 2.41. The smallest absolute Gasteiger partial charge is 0.275 e. The van der Waals surface area contributed by atoms with Crippen LogP contribution in [0.1, 0.15) is 36.2 Å². The van der Waals surface area contributed by atoms with Crippen LogP contribution in [0, 0.1) is 5.41 Å². The standard InChI is InChI=1S/C15H22N4O3S/c1-22-10-9-19-8-5-15(14(19)21)3-2-6-18(7-4-15)13(20)12-11-23-17-16-12/h11H,2-10H2,1H3. The van der Waals surface area contributed by atoms with Crippen LogP contribution in [0.25, 0.3) is 0 Å². The van der Waals surface area contributed by atoms with E-state index < -0.39 is 0 Å². The normalized spacial score (nSPS) is 25.2. The Kier molecular flexibility index (Phi) is 4.91. The highest BCUT2D eigenvalue weighted by molar-refractivity contribution is 7.03. The molecule has 0 bridgehead atoms. The predicted molar refractivity (Wildman–Crippen MR) is 85.2 cm³/mol. The molecule has 1 spiro atoms. The van der Waals surface area contributed by atoms with Crippen molar-refractivity contribution < 1.29 is 14.3 Å². The minimum atomic E-state index is -0.289. The summed E-state index contributed by atoms with van der Waals surface area (Å²) >= 11 is 1.18. The Hall–Kier alpha value is -1.54. The van der Waals surface area contributed by atoms with Crippen LogP contribution in [0.4, 0.5) is 0 Å². The molecule has 0 aliphatic carbocycles. The molecular formula is C15H22N4O3S. The maximum absolute atomic E-state index is 12.8. The number of nitrogens with zero attached hydrogens (tertiary/aromatic N) is 4. The Morgan fingerprint density at radius 3 is 2.91 bits per heavy atom. The second-order valence-electron chi connectivity index (χ2n) is 6.25. The van der Waals surface area contributed by atoms with Gasteiger partial charge in [0.1, 0.15) is 0 Å². The number of hydrogen-bond donors (Lipinski definition) is 0. The zero-order valence-electron chi connectivity index (χ0n) is 13.4. The Morgan fingerprint density at radius 2 is 2.17 bits per heavy atom. The van der Waals surface area contributed by atoms with Crippen molar-refractivity contribution in [3.8, 4) is 0 Å². The molecule has 1 aromatic rings. The average Bonchev–Trinajstić information content (AvgIpc) is 3.12. The lowest BCUT2D eigenvalue weighted by atomic mass is 9.79. The number of rotatable bonds is 4. The SMILES string of the molecule is COCCN1CCC2(CCCN(C(=O)c3csnn3)CC2)C1=O. The van der Waals surface area contributed by atoms with Crippen LogP contribution < -0.4 is 0 Å². The predicted octanol–water partition coefficient (Wildman–Crippen LogP) is 1.03. The molecule has 0 saturated carbocycles. The topological polar surface area (TPSA) is 75.6 Å². The molecule has 2 aliphatic heterocycles. The van der Waals surface area contributed by atoms with Gasteiger partial charge >= 0.3 is 0 Å². The van der Waals surface area contributed by atoms with Gasteiger partial charge in [0, 0.05) is 38.7 Å². The molecule has 3 heterocycles. The van der Waals surface area contributed by atoms with Crippen LogP contribution >= 0.6 is 11.5 Å². The number of hydrogen-bond acceptors (Lipinski definition) is 6. The van der Waals surface area contributed by atoms with E-state index in [0.29, 0.717) is 31.9 Å². The zero-order chi connectivity index (χ0) is 16.3. The van der Waals surface area contributed by atoms with Crippen molar-refractivity contribution in [1.82, 2.24) is 19.4 Å². The van der Waals surface area contributed by atoms with Crippen LogP contribution in [-0.4, -0.2) is 71.1 Å². The highest BCUT2D eigenvalue weighted by atomic mass is 32.1. The number of aromatic nitrogens is 2. The molecule has 2 fully saturated rings. The average molecular weight is 338 g/mol. The Bertz CT molecular complexity index is 565. The quantitative estimate of drug-likeness (QED) is 0.820. The number of likely N-dealkylation sites (tertiary alicyclic amines) is 2. The first-order chi connectivity index (χ1) is 11.2. The molecular weight excluding hydrogens is 316 g/mol. The fourth-order valence-corrected chi connectivity index (χ4v) is 4.02. The van der Waals surface area contributed by atoms with Gasteiger partial charge in [0.05, 0.1) is 12.0 Å². The summed E-state index contributed by atoms with van der Waals surface area (Å²) in [6.45, 7) is 3.32. The van der Waals surface area contributed by atoms with Crippen LogP contribution in [0.3, 0.4) is 0 Å². The fourth-order valence-electron chi connectivity index (χ4n) is 3.59. The molecule has 1 aromatic heterocycles. The highest BCUT2D eigenvalue weighted by Gasteiger charge is 2.47. The van der Waals surface area contributed by atoms with E-state index in [1.807, 2.05) is 9.80 Å². The van der Waals surface area contributed by atoms with Gasteiger partial charge in [0.2, 0.25) is 5.91 Å². The monoisotopic (exact) mass is 338 g/mol. The van der Waals surface area contributed by atoms with Gasteiger partial charge in [0.15, 0.2) is 5.69 Å². The molecule has 1 unspecified atom stereocenters. The van der Waals surface area contributed by atoms with Crippen molar-refractivity contribution in [3.05, 3.63) is 11.1 Å². The molecule has 126 valence electrons. The van der Waals surface area contributed by atoms with Gasteiger partial charge in [-0.05, 0) is 37.2 Å². The first-order valence-electron chi connectivity index (χ1n) is 8.01. The number of methoxy groups -OCH3 is 1. The van der Waals surface area contributed by atoms with Gasteiger partial charge in [-0.15, -0.1) is 5.10 Å². The summed E-state index contributed by atoms with van der Waals surface area (Å²) in [5, 5.41) is 5.54. The molecule has 2 amide bonds. The largest absolute Gasteiger partial charge is 0.383 e. The first kappa shape index (κ1) is 16.3. The third kappa shape index (κ3) is 3.23. The van der Waals surface area contributed by atoms with E-state index in [0.717, 1.165) is 32.2 Å². The summed E-state index contributed by atoms with van der Waals surface area (Å²) in [5.74, 6) is 0.164. The van der Waals surface area contributed by atoms with Gasteiger partial charge in [-0.2, -0.15) is 0 Å². The van der Waals surface area contributed by atoms with E-state index in [-0.39, 0.29) is 17.2 Å². The minimum absolute atomic E-state index is 0.0718.